The predicted octanol–water partition coefficient (Wildman–Crippen LogP) is 5.60. The molecule has 0 nitrogen and oxygen atoms in total. The molecule has 0 rings (SSSR count). The predicted molar refractivity (Wildman–Crippen MR) is 82.1 cm³/mol. The Kier molecular flexibility index (Phi) is 10.7. The molecule has 0 aliphatic rings. The van der Waals surface area contributed by atoms with Gasteiger partial charge < -0.3 is 0 Å². The van der Waals surface area contributed by atoms with Crippen molar-refractivity contribution < 1.29 is 0 Å². The zero-order chi connectivity index (χ0) is 12.3. The van der Waals surface area contributed by atoms with Crippen molar-refractivity contribution in [3.05, 3.63) is 0 Å². The first-order valence-electron chi connectivity index (χ1n) is 7.22. The molecule has 0 saturated carbocycles. The Bertz CT molecular complexity index is 135. The van der Waals surface area contributed by atoms with Gasteiger partial charge in [0.1, 0.15) is 0 Å². The average Bonchev–Trinajstić information content (AvgIpc) is 2.19. The van der Waals surface area contributed by atoms with Crippen molar-refractivity contribution in [2.24, 2.45) is 0 Å². The van der Waals surface area contributed by atoms with Crippen molar-refractivity contribution in [1.82, 2.24) is 0 Å². The summed E-state index contributed by atoms with van der Waals surface area (Å²) in [5, 5.41) is 0. The highest BCUT2D eigenvalue weighted by atomic mass is 32.3. The summed E-state index contributed by atoms with van der Waals surface area (Å²) in [7, 11) is -0.232. The SMILES string of the molecule is CCCCCCCCCCCCS(C)(C)C. The highest BCUT2D eigenvalue weighted by molar-refractivity contribution is 8.32. The molecule has 0 N–H and O–H groups in total. The summed E-state index contributed by atoms with van der Waals surface area (Å²) < 4.78 is 0. The van der Waals surface area contributed by atoms with Crippen LogP contribution in [0.15, 0.2) is 0 Å². The van der Waals surface area contributed by atoms with Gasteiger partial charge >= 0.3 is 0 Å². The third-order valence-corrected chi connectivity index (χ3v) is 4.62. The van der Waals surface area contributed by atoms with E-state index in [1.807, 2.05) is 0 Å². The molecule has 0 aliphatic carbocycles. The Balaban J connectivity index is 2.99. The fourth-order valence-corrected chi connectivity index (χ4v) is 3.09. The first-order valence-corrected chi connectivity index (χ1v) is 10.2. The normalized spacial score (nSPS) is 13.0. The van der Waals surface area contributed by atoms with Crippen LogP contribution in [0, 0.1) is 0 Å². The van der Waals surface area contributed by atoms with Gasteiger partial charge in [0.05, 0.1) is 0 Å². The molecule has 0 aromatic rings. The van der Waals surface area contributed by atoms with Gasteiger partial charge in [0, 0.05) is 0 Å². The van der Waals surface area contributed by atoms with Crippen molar-refractivity contribution in [1.29, 1.82) is 0 Å². The minimum Gasteiger partial charge on any atom is -0.250 e. The molecule has 0 atom stereocenters. The molecule has 0 amide bonds. The van der Waals surface area contributed by atoms with Gasteiger partial charge in [0.15, 0.2) is 0 Å². The first kappa shape index (κ1) is 16.4. The van der Waals surface area contributed by atoms with Crippen LogP contribution in [0.5, 0.6) is 0 Å². The second-order valence-electron chi connectivity index (χ2n) is 5.98. The summed E-state index contributed by atoms with van der Waals surface area (Å²) in [6, 6.07) is 0. The molecule has 0 aliphatic heterocycles. The summed E-state index contributed by atoms with van der Waals surface area (Å²) in [4.78, 5) is 0. The van der Waals surface area contributed by atoms with Crippen LogP contribution >= 0.6 is 10.0 Å². The zero-order valence-electron chi connectivity index (χ0n) is 12.2. The van der Waals surface area contributed by atoms with E-state index >= 15 is 0 Å². The minimum absolute atomic E-state index is 0.232. The van der Waals surface area contributed by atoms with E-state index in [2.05, 4.69) is 25.7 Å². The van der Waals surface area contributed by atoms with Crippen molar-refractivity contribution >= 4 is 10.0 Å². The van der Waals surface area contributed by atoms with Gasteiger partial charge in [0.2, 0.25) is 0 Å². The largest absolute Gasteiger partial charge is 0.250 e. The van der Waals surface area contributed by atoms with E-state index in [0.29, 0.717) is 0 Å². The monoisotopic (exact) mass is 246 g/mol. The van der Waals surface area contributed by atoms with Crippen molar-refractivity contribution in [3.63, 3.8) is 0 Å². The quantitative estimate of drug-likeness (QED) is 0.416. The van der Waals surface area contributed by atoms with E-state index in [9.17, 15) is 0 Å². The number of rotatable bonds is 11. The molecule has 0 unspecified atom stereocenters. The maximum absolute atomic E-state index is 2.43. The molecule has 0 saturated heterocycles. The Labute approximate surface area is 106 Å². The van der Waals surface area contributed by atoms with Gasteiger partial charge in [0.25, 0.3) is 0 Å². The van der Waals surface area contributed by atoms with Crippen LogP contribution in [-0.2, 0) is 0 Å². The number of hydrogen-bond donors (Lipinski definition) is 0. The lowest BCUT2D eigenvalue weighted by atomic mass is 10.1. The van der Waals surface area contributed by atoms with E-state index in [0.717, 1.165) is 0 Å². The van der Waals surface area contributed by atoms with E-state index in [1.165, 1.54) is 70.0 Å². The van der Waals surface area contributed by atoms with Gasteiger partial charge in [-0.1, -0.05) is 64.7 Å². The maximum Gasteiger partial charge on any atom is -0.0235 e. The molecule has 0 radical (unpaired) electrons. The summed E-state index contributed by atoms with van der Waals surface area (Å²) in [5.41, 5.74) is 0. The maximum atomic E-state index is 2.43. The highest BCUT2D eigenvalue weighted by Crippen LogP contribution is 2.35. The molecule has 0 aromatic heterocycles. The molecule has 1 heteroatoms. The summed E-state index contributed by atoms with van der Waals surface area (Å²) in [5.74, 6) is 1.48. The smallest absolute Gasteiger partial charge is 0.0235 e. The fraction of sp³-hybridized carbons (Fsp3) is 1.00. The molecule has 16 heavy (non-hydrogen) atoms. The van der Waals surface area contributed by atoms with Crippen molar-refractivity contribution in [3.8, 4) is 0 Å². The van der Waals surface area contributed by atoms with Gasteiger partial charge in [-0.05, 0) is 30.9 Å². The van der Waals surface area contributed by atoms with E-state index in [1.54, 1.807) is 0 Å². The highest BCUT2D eigenvalue weighted by Gasteiger charge is 2.02. The molecule has 0 spiro atoms. The van der Waals surface area contributed by atoms with Crippen molar-refractivity contribution in [2.75, 3.05) is 24.5 Å². The molecule has 100 valence electrons. The van der Waals surface area contributed by atoms with Crippen LogP contribution in [0.1, 0.15) is 71.1 Å². The molecule has 0 aromatic carbocycles. The topological polar surface area (TPSA) is 0 Å². The van der Waals surface area contributed by atoms with Gasteiger partial charge in [-0.15, -0.1) is 0 Å². The van der Waals surface area contributed by atoms with Crippen LogP contribution in [-0.4, -0.2) is 24.5 Å². The van der Waals surface area contributed by atoms with Crippen LogP contribution in [0.25, 0.3) is 0 Å². The molecular weight excluding hydrogens is 212 g/mol. The van der Waals surface area contributed by atoms with E-state index in [4.69, 9.17) is 0 Å². The Morgan fingerprint density at radius 2 is 0.938 bits per heavy atom. The lowest BCUT2D eigenvalue weighted by molar-refractivity contribution is 0.563. The van der Waals surface area contributed by atoms with E-state index in [-0.39, 0.29) is 10.0 Å². The van der Waals surface area contributed by atoms with Crippen molar-refractivity contribution in [2.45, 2.75) is 71.1 Å². The average molecular weight is 247 g/mol. The Morgan fingerprint density at radius 1 is 0.562 bits per heavy atom. The summed E-state index contributed by atoms with van der Waals surface area (Å²) >= 11 is 0. The third-order valence-electron chi connectivity index (χ3n) is 3.11. The van der Waals surface area contributed by atoms with Gasteiger partial charge in [-0.3, -0.25) is 0 Å². The summed E-state index contributed by atoms with van der Waals surface area (Å²) in [6.45, 7) is 2.29. The lowest BCUT2D eigenvalue weighted by Crippen LogP contribution is -1.98. The second-order valence-corrected chi connectivity index (χ2v) is 10.6. The fourth-order valence-electron chi connectivity index (χ4n) is 2.02. The number of unbranched alkanes of at least 4 members (excludes halogenated alkanes) is 9. The Morgan fingerprint density at radius 3 is 1.31 bits per heavy atom. The minimum atomic E-state index is -0.232. The lowest BCUT2D eigenvalue weighted by Gasteiger charge is -2.24. The Hall–Kier alpha value is 0.350. The molecule has 0 bridgehead atoms. The van der Waals surface area contributed by atoms with Gasteiger partial charge in [-0.2, -0.15) is 0 Å². The standard InChI is InChI=1S/C15H34S/c1-5-6-7-8-9-10-11-12-13-14-15-16(2,3)4/h5-15H2,1-4H3. The molecular formula is C15H34S. The molecule has 0 fully saturated rings. The van der Waals surface area contributed by atoms with Crippen LogP contribution < -0.4 is 0 Å². The van der Waals surface area contributed by atoms with Crippen LogP contribution in [0.2, 0.25) is 0 Å². The van der Waals surface area contributed by atoms with Crippen LogP contribution in [0.3, 0.4) is 0 Å². The number of hydrogen-bond acceptors (Lipinski definition) is 0. The summed E-state index contributed by atoms with van der Waals surface area (Å²) in [6.07, 6.45) is 21.9. The first-order chi connectivity index (χ1) is 7.56. The second kappa shape index (κ2) is 10.5. The third kappa shape index (κ3) is 14.4. The molecule has 0 heterocycles. The van der Waals surface area contributed by atoms with Crippen LogP contribution in [0.4, 0.5) is 0 Å². The zero-order valence-corrected chi connectivity index (χ0v) is 13.0. The van der Waals surface area contributed by atoms with E-state index < -0.39 is 0 Å². The van der Waals surface area contributed by atoms with Gasteiger partial charge in [-0.25, -0.2) is 10.0 Å².